The minimum Gasteiger partial charge on any atom is -0.481 e. The second-order valence-electron chi connectivity index (χ2n) is 10.2. The minimum absolute atomic E-state index is 0.00223. The second kappa shape index (κ2) is 10.5. The van der Waals surface area contributed by atoms with Crippen LogP contribution in [0, 0.1) is 11.2 Å². The van der Waals surface area contributed by atoms with Crippen LogP contribution in [0.3, 0.4) is 0 Å². The summed E-state index contributed by atoms with van der Waals surface area (Å²) in [7, 11) is 0. The van der Waals surface area contributed by atoms with E-state index in [0.717, 1.165) is 11.1 Å². The second-order valence-corrected chi connectivity index (χ2v) is 10.2. The summed E-state index contributed by atoms with van der Waals surface area (Å²) in [4.78, 5) is 28.1. The summed E-state index contributed by atoms with van der Waals surface area (Å²) in [5.41, 5.74) is 2.80. The van der Waals surface area contributed by atoms with E-state index in [1.807, 2.05) is 87.2 Å². The van der Waals surface area contributed by atoms with Crippen molar-refractivity contribution in [2.75, 3.05) is 11.9 Å². The van der Waals surface area contributed by atoms with E-state index in [2.05, 4.69) is 5.32 Å². The van der Waals surface area contributed by atoms with Crippen LogP contribution in [0.2, 0.25) is 0 Å². The third-order valence-corrected chi connectivity index (χ3v) is 6.40. The van der Waals surface area contributed by atoms with E-state index in [1.165, 1.54) is 12.1 Å². The van der Waals surface area contributed by atoms with Gasteiger partial charge in [-0.2, -0.15) is 0 Å². The fourth-order valence-electron chi connectivity index (χ4n) is 4.58. The van der Waals surface area contributed by atoms with Gasteiger partial charge in [0, 0.05) is 17.6 Å². The Kier molecular flexibility index (Phi) is 7.43. The first-order valence-corrected chi connectivity index (χ1v) is 12.4. The van der Waals surface area contributed by atoms with Gasteiger partial charge in [-0.15, -0.1) is 0 Å². The van der Waals surface area contributed by atoms with Crippen molar-refractivity contribution in [3.8, 4) is 5.75 Å². The summed E-state index contributed by atoms with van der Waals surface area (Å²) < 4.78 is 20.4. The Labute approximate surface area is 212 Å². The smallest absolute Gasteiger partial charge is 0.265 e. The van der Waals surface area contributed by atoms with Crippen LogP contribution in [0.15, 0.2) is 72.8 Å². The van der Waals surface area contributed by atoms with E-state index < -0.39 is 17.6 Å². The summed E-state index contributed by atoms with van der Waals surface area (Å²) in [5, 5.41) is 2.90. The molecule has 1 aliphatic rings. The molecule has 36 heavy (non-hydrogen) atoms. The molecule has 5 nitrogen and oxygen atoms in total. The number of nitrogens with one attached hydrogen (secondary N) is 1. The first kappa shape index (κ1) is 25.4. The van der Waals surface area contributed by atoms with E-state index in [9.17, 15) is 14.0 Å². The highest BCUT2D eigenvalue weighted by Gasteiger charge is 2.37. The summed E-state index contributed by atoms with van der Waals surface area (Å²) in [6.45, 7) is 8.12. The number of rotatable bonds is 6. The molecule has 2 atom stereocenters. The third kappa shape index (κ3) is 5.59. The van der Waals surface area contributed by atoms with Crippen LogP contribution < -0.4 is 10.1 Å². The monoisotopic (exact) mass is 488 g/mol. The predicted molar refractivity (Wildman–Crippen MR) is 139 cm³/mol. The maximum atomic E-state index is 14.3. The van der Waals surface area contributed by atoms with Gasteiger partial charge in [-0.25, -0.2) is 4.39 Å². The fourth-order valence-corrected chi connectivity index (χ4v) is 4.58. The van der Waals surface area contributed by atoms with Crippen molar-refractivity contribution in [1.82, 2.24) is 4.90 Å². The number of benzene rings is 3. The highest BCUT2D eigenvalue weighted by molar-refractivity contribution is 5.94. The lowest BCUT2D eigenvalue weighted by Gasteiger charge is -2.41. The molecule has 0 aliphatic carbocycles. The number of ether oxygens (including phenoxy) is 1. The normalized spacial score (nSPS) is 16.1. The van der Waals surface area contributed by atoms with Crippen LogP contribution >= 0.6 is 0 Å². The van der Waals surface area contributed by atoms with Crippen LogP contribution in [-0.2, 0) is 16.0 Å². The molecule has 0 spiro atoms. The molecule has 1 N–H and O–H groups in total. The number of carbonyl (C=O) groups excluding carboxylic acids is 2. The molecule has 0 radical (unpaired) electrons. The summed E-state index contributed by atoms with van der Waals surface area (Å²) >= 11 is 0. The van der Waals surface area contributed by atoms with Gasteiger partial charge in [0.15, 0.2) is 6.10 Å². The number of nitrogens with zero attached hydrogens (tertiary/aromatic N) is 1. The lowest BCUT2D eigenvalue weighted by atomic mass is 9.85. The molecule has 3 aromatic rings. The van der Waals surface area contributed by atoms with Gasteiger partial charge in [0.2, 0.25) is 5.91 Å². The lowest BCUT2D eigenvalue weighted by molar-refractivity contribution is -0.141. The zero-order valence-corrected chi connectivity index (χ0v) is 21.3. The van der Waals surface area contributed by atoms with Crippen LogP contribution in [0.1, 0.15) is 56.8 Å². The highest BCUT2D eigenvalue weighted by Crippen LogP contribution is 2.39. The predicted octanol–water partition coefficient (Wildman–Crippen LogP) is 6.14. The lowest BCUT2D eigenvalue weighted by Crippen LogP contribution is -2.45. The fraction of sp³-hybridized carbons (Fsp3) is 0.333. The van der Waals surface area contributed by atoms with Gasteiger partial charge >= 0.3 is 0 Å². The number of carbonyl (C=O) groups is 2. The Morgan fingerprint density at radius 3 is 2.47 bits per heavy atom. The van der Waals surface area contributed by atoms with Gasteiger partial charge < -0.3 is 15.0 Å². The van der Waals surface area contributed by atoms with Gasteiger partial charge in [-0.1, -0.05) is 64.1 Å². The molecule has 1 heterocycles. The molecule has 188 valence electrons. The quantitative estimate of drug-likeness (QED) is 0.453. The molecule has 0 unspecified atom stereocenters. The molecule has 4 rings (SSSR count). The Morgan fingerprint density at radius 2 is 1.81 bits per heavy atom. The van der Waals surface area contributed by atoms with E-state index in [1.54, 1.807) is 6.07 Å². The van der Waals surface area contributed by atoms with Gasteiger partial charge in [-0.05, 0) is 65.9 Å². The van der Waals surface area contributed by atoms with E-state index in [0.29, 0.717) is 36.4 Å². The number of fused-ring (bicyclic) bond motifs is 1. The Morgan fingerprint density at radius 1 is 1.06 bits per heavy atom. The third-order valence-electron chi connectivity index (χ3n) is 6.40. The van der Waals surface area contributed by atoms with Crippen molar-refractivity contribution in [1.29, 1.82) is 0 Å². The number of hydrogen-bond donors (Lipinski definition) is 1. The summed E-state index contributed by atoms with van der Waals surface area (Å²) in [5.74, 6) is -0.0378. The first-order chi connectivity index (χ1) is 17.2. The number of anilines is 1. The first-order valence-electron chi connectivity index (χ1n) is 12.4. The molecule has 6 heteroatoms. The zero-order valence-electron chi connectivity index (χ0n) is 21.3. The number of amides is 2. The zero-order chi connectivity index (χ0) is 25.9. The average molecular weight is 489 g/mol. The van der Waals surface area contributed by atoms with Crippen LogP contribution in [0.25, 0.3) is 0 Å². The summed E-state index contributed by atoms with van der Waals surface area (Å²) in [6.07, 6.45) is 0.485. The number of halogens is 1. The van der Waals surface area contributed by atoms with E-state index in [-0.39, 0.29) is 17.6 Å². The van der Waals surface area contributed by atoms with Crippen LogP contribution in [0.5, 0.6) is 5.75 Å². The van der Waals surface area contributed by atoms with Crippen molar-refractivity contribution >= 4 is 17.5 Å². The van der Waals surface area contributed by atoms with Crippen molar-refractivity contribution in [2.45, 2.75) is 52.7 Å². The van der Waals surface area contributed by atoms with E-state index in [4.69, 9.17) is 4.74 Å². The summed E-state index contributed by atoms with van der Waals surface area (Å²) in [6, 6.07) is 21.0. The Hall–Kier alpha value is -3.67. The van der Waals surface area contributed by atoms with Crippen molar-refractivity contribution < 1.29 is 18.7 Å². The molecule has 3 aromatic carbocycles. The number of para-hydroxylation sites is 1. The van der Waals surface area contributed by atoms with Gasteiger partial charge in [0.25, 0.3) is 5.91 Å². The van der Waals surface area contributed by atoms with Gasteiger partial charge in [-0.3, -0.25) is 9.59 Å². The van der Waals surface area contributed by atoms with Crippen molar-refractivity contribution in [3.63, 3.8) is 0 Å². The van der Waals surface area contributed by atoms with Crippen LogP contribution in [-0.4, -0.2) is 29.4 Å². The van der Waals surface area contributed by atoms with Crippen LogP contribution in [0.4, 0.5) is 10.1 Å². The van der Waals surface area contributed by atoms with Gasteiger partial charge in [0.1, 0.15) is 11.6 Å². The molecule has 0 aromatic heterocycles. The molecule has 0 saturated carbocycles. The highest BCUT2D eigenvalue weighted by atomic mass is 19.1. The molecule has 2 amide bonds. The topological polar surface area (TPSA) is 58.6 Å². The minimum atomic E-state index is -0.688. The Balaban J connectivity index is 1.67. The largest absolute Gasteiger partial charge is 0.481 e. The van der Waals surface area contributed by atoms with Gasteiger partial charge in [0.05, 0.1) is 6.04 Å². The molecule has 1 aliphatic heterocycles. The molecule has 0 bridgehead atoms. The SMILES string of the molecule is CC[C@@H](Oc1ccc2c(c1)[C@@H](c1cccc(F)c1)N(C(=O)C(C)(C)C)CC2)C(=O)Nc1ccccc1. The Bertz CT molecular complexity index is 1240. The number of hydrogen-bond acceptors (Lipinski definition) is 3. The van der Waals surface area contributed by atoms with Crippen molar-refractivity contribution in [3.05, 3.63) is 95.3 Å². The maximum absolute atomic E-state index is 14.3. The standard InChI is InChI=1S/C30H33FN2O3/c1-5-26(28(34)32-23-12-7-6-8-13-23)36-24-15-14-20-16-17-33(29(35)30(2,3)4)27(25(20)19-24)21-10-9-11-22(31)18-21/h6-15,18-19,26-27H,5,16-17H2,1-4H3,(H,32,34)/t26-,27-/m1/s1. The van der Waals surface area contributed by atoms with E-state index >= 15 is 0 Å². The molecular formula is C30H33FN2O3. The maximum Gasteiger partial charge on any atom is 0.265 e. The van der Waals surface area contributed by atoms with Crippen molar-refractivity contribution in [2.24, 2.45) is 5.41 Å². The molecule has 0 saturated heterocycles. The molecule has 0 fully saturated rings. The average Bonchev–Trinajstić information content (AvgIpc) is 2.86. The molecular weight excluding hydrogens is 455 g/mol.